The van der Waals surface area contributed by atoms with Crippen molar-refractivity contribution in [1.82, 2.24) is 14.9 Å². The highest BCUT2D eigenvalue weighted by Gasteiger charge is 2.32. The standard InChI is InChI=1S/C21H29N5O2/c1-24(2)12-16-9-17(27)13-26(16)21-10-20(22-14-23-21)25-8-7-19(28)18-6-4-3-5-15(18)11-25/h3-6,10,14,16-17,19,27-28H,7-9,11-13H2,1-2H3/t16-,17-,19?/m1/s1. The van der Waals surface area contributed by atoms with Crippen LogP contribution < -0.4 is 9.80 Å². The van der Waals surface area contributed by atoms with Crippen molar-refractivity contribution >= 4 is 11.6 Å². The normalized spacial score (nSPS) is 25.1. The van der Waals surface area contributed by atoms with E-state index in [1.165, 1.54) is 0 Å². The Kier molecular flexibility index (Phi) is 5.48. The summed E-state index contributed by atoms with van der Waals surface area (Å²) in [7, 11) is 4.10. The fourth-order valence-electron chi connectivity index (χ4n) is 4.35. The molecule has 1 aromatic carbocycles. The summed E-state index contributed by atoms with van der Waals surface area (Å²) in [5, 5.41) is 20.7. The van der Waals surface area contributed by atoms with Crippen molar-refractivity contribution in [3.05, 3.63) is 47.8 Å². The highest BCUT2D eigenvalue weighted by Crippen LogP contribution is 2.31. The van der Waals surface area contributed by atoms with Gasteiger partial charge in [-0.3, -0.25) is 0 Å². The van der Waals surface area contributed by atoms with Crippen LogP contribution >= 0.6 is 0 Å². The average Bonchev–Trinajstić information content (AvgIpc) is 2.95. The Morgan fingerprint density at radius 1 is 1.14 bits per heavy atom. The number of rotatable bonds is 4. The summed E-state index contributed by atoms with van der Waals surface area (Å²) in [5.41, 5.74) is 2.14. The van der Waals surface area contributed by atoms with Crippen LogP contribution in [0.2, 0.25) is 0 Å². The molecule has 7 nitrogen and oxygen atoms in total. The molecule has 2 N–H and O–H groups in total. The van der Waals surface area contributed by atoms with Gasteiger partial charge >= 0.3 is 0 Å². The van der Waals surface area contributed by atoms with E-state index in [2.05, 4.69) is 30.7 Å². The third-order valence-electron chi connectivity index (χ3n) is 5.67. The van der Waals surface area contributed by atoms with Gasteiger partial charge in [0.05, 0.1) is 12.2 Å². The molecular formula is C21H29N5O2. The van der Waals surface area contributed by atoms with Gasteiger partial charge in [0.2, 0.25) is 0 Å². The molecule has 1 saturated heterocycles. The number of aliphatic hydroxyl groups is 2. The lowest BCUT2D eigenvalue weighted by Crippen LogP contribution is -2.38. The lowest BCUT2D eigenvalue weighted by molar-refractivity contribution is 0.171. The second-order valence-corrected chi connectivity index (χ2v) is 8.12. The highest BCUT2D eigenvalue weighted by molar-refractivity contribution is 5.52. The number of nitrogens with zero attached hydrogens (tertiary/aromatic N) is 5. The number of aromatic nitrogens is 2. The van der Waals surface area contributed by atoms with E-state index in [0.717, 1.165) is 42.3 Å². The summed E-state index contributed by atoms with van der Waals surface area (Å²) in [6.07, 6.45) is 2.25. The molecule has 0 radical (unpaired) electrons. The average molecular weight is 383 g/mol. The maximum atomic E-state index is 10.5. The Balaban J connectivity index is 1.59. The first-order valence-electron chi connectivity index (χ1n) is 9.93. The van der Waals surface area contributed by atoms with Crippen LogP contribution in [-0.2, 0) is 6.54 Å². The van der Waals surface area contributed by atoms with Crippen LogP contribution in [0.15, 0.2) is 36.7 Å². The van der Waals surface area contributed by atoms with E-state index in [9.17, 15) is 10.2 Å². The molecule has 0 aliphatic carbocycles. The Hall–Kier alpha value is -2.22. The van der Waals surface area contributed by atoms with Gasteiger partial charge in [-0.15, -0.1) is 0 Å². The van der Waals surface area contributed by atoms with Gasteiger partial charge in [0.15, 0.2) is 0 Å². The van der Waals surface area contributed by atoms with E-state index in [1.807, 2.05) is 38.4 Å². The number of fused-ring (bicyclic) bond motifs is 1. The van der Waals surface area contributed by atoms with E-state index in [0.29, 0.717) is 19.5 Å². The molecule has 3 atom stereocenters. The van der Waals surface area contributed by atoms with Crippen molar-refractivity contribution in [2.45, 2.75) is 37.6 Å². The Labute approximate surface area is 166 Å². The van der Waals surface area contributed by atoms with Gasteiger partial charge in [0.1, 0.15) is 18.0 Å². The Bertz CT molecular complexity index is 815. The van der Waals surface area contributed by atoms with Gasteiger partial charge in [0, 0.05) is 38.3 Å². The zero-order valence-corrected chi connectivity index (χ0v) is 16.6. The maximum Gasteiger partial charge on any atom is 0.134 e. The number of aliphatic hydroxyl groups excluding tert-OH is 2. The third kappa shape index (κ3) is 3.97. The molecule has 2 aliphatic heterocycles. The lowest BCUT2D eigenvalue weighted by Gasteiger charge is -2.29. The first-order chi connectivity index (χ1) is 13.5. The summed E-state index contributed by atoms with van der Waals surface area (Å²) in [6.45, 7) is 2.92. The minimum atomic E-state index is -0.444. The molecule has 2 aliphatic rings. The van der Waals surface area contributed by atoms with E-state index in [4.69, 9.17) is 0 Å². The van der Waals surface area contributed by atoms with E-state index >= 15 is 0 Å². The van der Waals surface area contributed by atoms with Crippen molar-refractivity contribution in [3.63, 3.8) is 0 Å². The second-order valence-electron chi connectivity index (χ2n) is 8.12. The van der Waals surface area contributed by atoms with Crippen LogP contribution in [0.3, 0.4) is 0 Å². The maximum absolute atomic E-state index is 10.5. The first-order valence-corrected chi connectivity index (χ1v) is 9.93. The van der Waals surface area contributed by atoms with Crippen molar-refractivity contribution in [2.24, 2.45) is 0 Å². The molecule has 0 bridgehead atoms. The summed E-state index contributed by atoms with van der Waals surface area (Å²) in [6, 6.07) is 10.3. The lowest BCUT2D eigenvalue weighted by atomic mass is 10.0. The molecule has 28 heavy (non-hydrogen) atoms. The number of β-amino-alcohol motifs (C(OH)–C–C–N with tert-alkyl or cyclic N) is 1. The highest BCUT2D eigenvalue weighted by atomic mass is 16.3. The molecule has 0 amide bonds. The van der Waals surface area contributed by atoms with Gasteiger partial charge in [-0.05, 0) is 38.1 Å². The smallest absolute Gasteiger partial charge is 0.134 e. The second kappa shape index (κ2) is 8.03. The Morgan fingerprint density at radius 2 is 1.93 bits per heavy atom. The summed E-state index contributed by atoms with van der Waals surface area (Å²) in [5.74, 6) is 1.71. The number of likely N-dealkylation sites (N-methyl/N-ethyl adjacent to an activating group) is 1. The first kappa shape index (κ1) is 19.1. The van der Waals surface area contributed by atoms with E-state index < -0.39 is 6.10 Å². The van der Waals surface area contributed by atoms with Crippen LogP contribution in [0.25, 0.3) is 0 Å². The molecular weight excluding hydrogens is 354 g/mol. The van der Waals surface area contributed by atoms with Crippen LogP contribution in [-0.4, -0.2) is 71.0 Å². The van der Waals surface area contributed by atoms with Gasteiger partial charge in [-0.1, -0.05) is 24.3 Å². The van der Waals surface area contributed by atoms with Crippen LogP contribution in [0.4, 0.5) is 11.6 Å². The topological polar surface area (TPSA) is 76.0 Å². The van der Waals surface area contributed by atoms with Gasteiger partial charge in [-0.2, -0.15) is 0 Å². The third-order valence-corrected chi connectivity index (χ3v) is 5.67. The minimum Gasteiger partial charge on any atom is -0.391 e. The molecule has 150 valence electrons. The molecule has 1 unspecified atom stereocenters. The summed E-state index contributed by atoms with van der Waals surface area (Å²) in [4.78, 5) is 15.5. The fraction of sp³-hybridized carbons (Fsp3) is 0.524. The van der Waals surface area contributed by atoms with Gasteiger partial charge in [0.25, 0.3) is 0 Å². The van der Waals surface area contributed by atoms with Crippen LogP contribution in [0.1, 0.15) is 30.1 Å². The van der Waals surface area contributed by atoms with Gasteiger partial charge in [-0.25, -0.2) is 9.97 Å². The van der Waals surface area contributed by atoms with Crippen molar-refractivity contribution in [1.29, 1.82) is 0 Å². The number of anilines is 2. The molecule has 0 spiro atoms. The van der Waals surface area contributed by atoms with E-state index in [1.54, 1.807) is 6.33 Å². The van der Waals surface area contributed by atoms with E-state index in [-0.39, 0.29) is 12.1 Å². The molecule has 1 fully saturated rings. The zero-order valence-electron chi connectivity index (χ0n) is 16.6. The Morgan fingerprint density at radius 3 is 2.75 bits per heavy atom. The molecule has 2 aromatic rings. The molecule has 0 saturated carbocycles. The predicted octanol–water partition coefficient (Wildman–Crippen LogP) is 1.42. The SMILES string of the molecule is CN(C)C[C@H]1C[C@@H](O)CN1c1cc(N2CCC(O)c3ccccc3C2)ncn1. The fourth-order valence-corrected chi connectivity index (χ4v) is 4.35. The zero-order chi connectivity index (χ0) is 19.7. The van der Waals surface area contributed by atoms with Crippen molar-refractivity contribution in [3.8, 4) is 0 Å². The van der Waals surface area contributed by atoms with Crippen molar-refractivity contribution < 1.29 is 10.2 Å². The minimum absolute atomic E-state index is 0.236. The molecule has 1 aromatic heterocycles. The van der Waals surface area contributed by atoms with Crippen LogP contribution in [0, 0.1) is 0 Å². The monoisotopic (exact) mass is 383 g/mol. The van der Waals surface area contributed by atoms with Gasteiger partial charge < -0.3 is 24.9 Å². The summed E-state index contributed by atoms with van der Waals surface area (Å²) >= 11 is 0. The number of benzene rings is 1. The molecule has 7 heteroatoms. The molecule has 4 rings (SSSR count). The largest absolute Gasteiger partial charge is 0.391 e. The molecule has 3 heterocycles. The van der Waals surface area contributed by atoms with Crippen LogP contribution in [0.5, 0.6) is 0 Å². The summed E-state index contributed by atoms with van der Waals surface area (Å²) < 4.78 is 0. The number of hydrogen-bond donors (Lipinski definition) is 2. The van der Waals surface area contributed by atoms with Crippen molar-refractivity contribution in [2.75, 3.05) is 43.5 Å². The number of hydrogen-bond acceptors (Lipinski definition) is 7. The quantitative estimate of drug-likeness (QED) is 0.827. The predicted molar refractivity (Wildman–Crippen MR) is 109 cm³/mol.